The molecule has 1 saturated heterocycles. The maximum Gasteiger partial charge on any atom is 0.255 e. The van der Waals surface area contributed by atoms with E-state index in [0.717, 1.165) is 24.2 Å². The van der Waals surface area contributed by atoms with Gasteiger partial charge < -0.3 is 10.1 Å². The highest BCUT2D eigenvalue weighted by atomic mass is 32.2. The van der Waals surface area contributed by atoms with Crippen molar-refractivity contribution in [2.75, 3.05) is 25.0 Å². The van der Waals surface area contributed by atoms with E-state index < -0.39 is 10.0 Å². The van der Waals surface area contributed by atoms with Crippen molar-refractivity contribution in [3.8, 4) is 5.75 Å². The Morgan fingerprint density at radius 3 is 2.41 bits per heavy atom. The summed E-state index contributed by atoms with van der Waals surface area (Å²) in [5.74, 6) is 0.389. The topological polar surface area (TPSA) is 75.7 Å². The number of hydrogen-bond acceptors (Lipinski definition) is 4. The second-order valence-electron chi connectivity index (χ2n) is 6.50. The van der Waals surface area contributed by atoms with Crippen molar-refractivity contribution < 1.29 is 17.9 Å². The van der Waals surface area contributed by atoms with Crippen molar-refractivity contribution in [2.24, 2.45) is 0 Å². The number of amides is 1. The van der Waals surface area contributed by atoms with Crippen molar-refractivity contribution in [3.63, 3.8) is 0 Å². The van der Waals surface area contributed by atoms with Gasteiger partial charge in [-0.2, -0.15) is 4.31 Å². The van der Waals surface area contributed by atoms with E-state index in [0.29, 0.717) is 30.9 Å². The van der Waals surface area contributed by atoms with E-state index in [4.69, 9.17) is 4.74 Å². The zero-order chi connectivity index (χ0) is 19.4. The van der Waals surface area contributed by atoms with E-state index in [9.17, 15) is 13.2 Å². The lowest BCUT2D eigenvalue weighted by Crippen LogP contribution is -2.28. The average molecular weight is 388 g/mol. The summed E-state index contributed by atoms with van der Waals surface area (Å²) in [5.41, 5.74) is 1.69. The highest BCUT2D eigenvalue weighted by molar-refractivity contribution is 7.89. The number of aryl methyl sites for hydroxylation is 1. The van der Waals surface area contributed by atoms with Crippen molar-refractivity contribution in [2.45, 2.75) is 31.6 Å². The second-order valence-corrected chi connectivity index (χ2v) is 8.44. The molecule has 6 nitrogen and oxygen atoms in total. The normalized spacial score (nSPS) is 14.9. The van der Waals surface area contributed by atoms with Gasteiger partial charge in [0, 0.05) is 24.3 Å². The van der Waals surface area contributed by atoms with Crippen molar-refractivity contribution in [1.29, 1.82) is 0 Å². The SMILES string of the molecule is CCOc1ccc(NC(=O)c2cc(S(=O)(=O)N3CCCC3)ccc2C)cc1. The molecule has 1 aliphatic heterocycles. The molecule has 0 aromatic heterocycles. The molecule has 3 rings (SSSR count). The quantitative estimate of drug-likeness (QED) is 0.823. The Hall–Kier alpha value is -2.38. The minimum absolute atomic E-state index is 0.159. The summed E-state index contributed by atoms with van der Waals surface area (Å²) in [6.45, 7) is 5.33. The molecule has 1 aliphatic rings. The lowest BCUT2D eigenvalue weighted by molar-refractivity contribution is 0.102. The summed E-state index contributed by atoms with van der Waals surface area (Å²) in [4.78, 5) is 12.9. The van der Waals surface area contributed by atoms with E-state index in [2.05, 4.69) is 5.32 Å². The van der Waals surface area contributed by atoms with E-state index in [-0.39, 0.29) is 10.8 Å². The molecule has 1 N–H and O–H groups in total. The van der Waals surface area contributed by atoms with E-state index in [1.54, 1.807) is 43.3 Å². The number of ether oxygens (including phenoxy) is 1. The molecule has 7 heteroatoms. The number of nitrogens with one attached hydrogen (secondary N) is 1. The van der Waals surface area contributed by atoms with Crippen LogP contribution in [0.25, 0.3) is 0 Å². The van der Waals surface area contributed by atoms with Gasteiger partial charge in [0.05, 0.1) is 11.5 Å². The molecule has 2 aromatic rings. The number of sulfonamides is 1. The highest BCUT2D eigenvalue weighted by Crippen LogP contribution is 2.24. The zero-order valence-corrected chi connectivity index (χ0v) is 16.4. The van der Waals surface area contributed by atoms with Gasteiger partial charge in [0.25, 0.3) is 5.91 Å². The predicted octanol–water partition coefficient (Wildman–Crippen LogP) is 3.43. The fourth-order valence-corrected chi connectivity index (χ4v) is 4.63. The molecule has 0 aliphatic carbocycles. The third kappa shape index (κ3) is 4.31. The highest BCUT2D eigenvalue weighted by Gasteiger charge is 2.28. The molecule has 1 fully saturated rings. The number of anilines is 1. The van der Waals surface area contributed by atoms with Crippen LogP contribution in [0.15, 0.2) is 47.4 Å². The van der Waals surface area contributed by atoms with Crippen LogP contribution in [-0.4, -0.2) is 38.3 Å². The first-order valence-corrected chi connectivity index (χ1v) is 10.5. The fourth-order valence-electron chi connectivity index (χ4n) is 3.08. The molecule has 0 atom stereocenters. The molecule has 0 unspecified atom stereocenters. The molecule has 27 heavy (non-hydrogen) atoms. The monoisotopic (exact) mass is 388 g/mol. The minimum Gasteiger partial charge on any atom is -0.494 e. The lowest BCUT2D eigenvalue weighted by atomic mass is 10.1. The Morgan fingerprint density at radius 1 is 1.11 bits per heavy atom. The van der Waals surface area contributed by atoms with Gasteiger partial charge in [0.1, 0.15) is 5.75 Å². The van der Waals surface area contributed by atoms with Crippen LogP contribution in [0.3, 0.4) is 0 Å². The van der Waals surface area contributed by atoms with E-state index in [1.165, 1.54) is 10.4 Å². The van der Waals surface area contributed by atoms with Crippen LogP contribution < -0.4 is 10.1 Å². The molecule has 0 spiro atoms. The first kappa shape index (κ1) is 19.4. The standard InChI is InChI=1S/C20H24N2O4S/c1-3-26-17-9-7-16(8-10-17)21-20(23)19-14-18(11-6-15(19)2)27(24,25)22-12-4-5-13-22/h6-11,14H,3-5,12-13H2,1-2H3,(H,21,23). The zero-order valence-electron chi connectivity index (χ0n) is 15.6. The number of carbonyl (C=O) groups is 1. The maximum atomic E-state index is 12.8. The van der Waals surface area contributed by atoms with Crippen LogP contribution in [-0.2, 0) is 10.0 Å². The summed E-state index contributed by atoms with van der Waals surface area (Å²) in [6.07, 6.45) is 1.74. The fraction of sp³-hybridized carbons (Fsp3) is 0.350. The number of carbonyl (C=O) groups excluding carboxylic acids is 1. The molecular formula is C20H24N2O4S. The number of hydrogen-bond donors (Lipinski definition) is 1. The third-order valence-corrected chi connectivity index (χ3v) is 6.47. The van der Waals surface area contributed by atoms with Crippen LogP contribution in [0.4, 0.5) is 5.69 Å². The maximum absolute atomic E-state index is 12.8. The van der Waals surface area contributed by atoms with Gasteiger partial charge >= 0.3 is 0 Å². The molecule has 2 aromatic carbocycles. The van der Waals surface area contributed by atoms with Crippen molar-refractivity contribution in [1.82, 2.24) is 4.31 Å². The summed E-state index contributed by atoms with van der Waals surface area (Å²) < 4.78 is 32.4. The Bertz CT molecular complexity index is 917. The summed E-state index contributed by atoms with van der Waals surface area (Å²) in [6, 6.07) is 11.8. The smallest absolute Gasteiger partial charge is 0.255 e. The van der Waals surface area contributed by atoms with E-state index >= 15 is 0 Å². The van der Waals surface area contributed by atoms with Crippen molar-refractivity contribution in [3.05, 3.63) is 53.6 Å². The molecule has 0 saturated carbocycles. The molecule has 144 valence electrons. The van der Waals surface area contributed by atoms with Gasteiger partial charge in [-0.05, 0) is 68.7 Å². The van der Waals surface area contributed by atoms with Gasteiger partial charge in [-0.15, -0.1) is 0 Å². The predicted molar refractivity (Wildman–Crippen MR) is 105 cm³/mol. The van der Waals surface area contributed by atoms with Gasteiger partial charge in [-0.25, -0.2) is 8.42 Å². The van der Waals surface area contributed by atoms with Crippen LogP contribution in [0.1, 0.15) is 35.7 Å². The second kappa shape index (κ2) is 8.10. The summed E-state index contributed by atoms with van der Waals surface area (Å²) >= 11 is 0. The summed E-state index contributed by atoms with van der Waals surface area (Å²) in [5, 5.41) is 2.81. The van der Waals surface area contributed by atoms with Gasteiger partial charge in [0.15, 0.2) is 0 Å². The Labute approximate surface area is 160 Å². The first-order chi connectivity index (χ1) is 12.9. The van der Waals surface area contributed by atoms with Gasteiger partial charge in [-0.3, -0.25) is 4.79 Å². The van der Waals surface area contributed by atoms with Crippen LogP contribution in [0.2, 0.25) is 0 Å². The van der Waals surface area contributed by atoms with Gasteiger partial charge in [0.2, 0.25) is 10.0 Å². The Morgan fingerprint density at radius 2 is 1.78 bits per heavy atom. The van der Waals surface area contributed by atoms with Crippen LogP contribution >= 0.6 is 0 Å². The van der Waals surface area contributed by atoms with Crippen LogP contribution in [0, 0.1) is 6.92 Å². The third-order valence-electron chi connectivity index (χ3n) is 4.58. The Balaban J connectivity index is 1.82. The number of rotatable bonds is 6. The molecule has 0 radical (unpaired) electrons. The van der Waals surface area contributed by atoms with Crippen molar-refractivity contribution >= 4 is 21.6 Å². The molecule has 1 heterocycles. The average Bonchev–Trinajstić information content (AvgIpc) is 3.19. The molecule has 0 bridgehead atoms. The largest absolute Gasteiger partial charge is 0.494 e. The number of benzene rings is 2. The van der Waals surface area contributed by atoms with Crippen LogP contribution in [0.5, 0.6) is 5.75 Å². The van der Waals surface area contributed by atoms with Gasteiger partial charge in [-0.1, -0.05) is 6.07 Å². The molecule has 1 amide bonds. The Kier molecular flexibility index (Phi) is 5.82. The number of nitrogens with zero attached hydrogens (tertiary/aromatic N) is 1. The summed E-state index contributed by atoms with van der Waals surface area (Å²) in [7, 11) is -3.56. The molecular weight excluding hydrogens is 364 g/mol. The minimum atomic E-state index is -3.56. The first-order valence-electron chi connectivity index (χ1n) is 9.07. The lowest BCUT2D eigenvalue weighted by Gasteiger charge is -2.17. The van der Waals surface area contributed by atoms with E-state index in [1.807, 2.05) is 6.92 Å².